The summed E-state index contributed by atoms with van der Waals surface area (Å²) in [6.07, 6.45) is 3.38. The molecule has 1 aliphatic heterocycles. The van der Waals surface area contributed by atoms with Crippen molar-refractivity contribution in [1.82, 2.24) is 14.3 Å². The third kappa shape index (κ3) is 4.13. The lowest BCUT2D eigenvalue weighted by atomic mass is 10.0. The van der Waals surface area contributed by atoms with Gasteiger partial charge in [0.1, 0.15) is 5.71 Å². The molecule has 0 radical (unpaired) electrons. The number of carbonyl (C=O) groups is 1. The number of amides is 1. The summed E-state index contributed by atoms with van der Waals surface area (Å²) in [5, 5.41) is 4.69. The van der Waals surface area contributed by atoms with E-state index in [0.717, 1.165) is 36.4 Å². The maximum atomic E-state index is 13.6. The minimum Gasteiger partial charge on any atom is -0.360 e. The molecule has 2 aromatic heterocycles. The molecule has 37 heavy (non-hydrogen) atoms. The van der Waals surface area contributed by atoms with Gasteiger partial charge in [0.05, 0.1) is 23.0 Å². The molecular weight excluding hydrogens is 620 g/mol. The zero-order chi connectivity index (χ0) is 25.9. The zero-order valence-corrected chi connectivity index (χ0v) is 23.5. The number of nitrogens with one attached hydrogen (secondary N) is 2. The highest BCUT2D eigenvalue weighted by Gasteiger charge is 2.30. The van der Waals surface area contributed by atoms with Crippen molar-refractivity contribution in [3.8, 4) is 0 Å². The number of benzene rings is 3. The van der Waals surface area contributed by atoms with Gasteiger partial charge in [0.15, 0.2) is 0 Å². The fourth-order valence-corrected chi connectivity index (χ4v) is 6.78. The van der Waals surface area contributed by atoms with Crippen LogP contribution >= 0.6 is 31.9 Å². The average Bonchev–Trinajstić information content (AvgIpc) is 3.45. The summed E-state index contributed by atoms with van der Waals surface area (Å²) in [5.41, 5.74) is 4.17. The van der Waals surface area contributed by atoms with Crippen molar-refractivity contribution in [2.24, 2.45) is 4.99 Å². The Morgan fingerprint density at radius 3 is 2.41 bits per heavy atom. The Balaban J connectivity index is 1.42. The Morgan fingerprint density at radius 1 is 0.973 bits per heavy atom. The molecule has 0 saturated heterocycles. The number of aliphatic imine (C=N–C) groups is 1. The Hall–Kier alpha value is -3.21. The molecule has 0 spiro atoms. The van der Waals surface area contributed by atoms with Crippen molar-refractivity contribution < 1.29 is 13.2 Å². The molecule has 5 aromatic rings. The van der Waals surface area contributed by atoms with Crippen LogP contribution in [-0.4, -0.2) is 35.5 Å². The van der Waals surface area contributed by atoms with E-state index < -0.39 is 16.1 Å². The van der Waals surface area contributed by atoms with Crippen LogP contribution in [0.1, 0.15) is 22.7 Å². The number of hydrogen-bond donors (Lipinski definition) is 2. The Bertz CT molecular complexity index is 1850. The maximum Gasteiger partial charge on any atom is 0.270 e. The highest BCUT2D eigenvalue weighted by molar-refractivity contribution is 9.10. The largest absolute Gasteiger partial charge is 0.360 e. The summed E-state index contributed by atoms with van der Waals surface area (Å²) < 4.78 is 30.2. The molecule has 1 unspecified atom stereocenters. The van der Waals surface area contributed by atoms with Crippen molar-refractivity contribution in [2.45, 2.75) is 17.9 Å². The van der Waals surface area contributed by atoms with Crippen LogP contribution in [0.25, 0.3) is 21.8 Å². The molecule has 3 aromatic carbocycles. The highest BCUT2D eigenvalue weighted by atomic mass is 79.9. The van der Waals surface area contributed by atoms with Crippen molar-refractivity contribution >= 4 is 75.3 Å². The first-order valence-corrected chi connectivity index (χ1v) is 14.5. The summed E-state index contributed by atoms with van der Waals surface area (Å²) in [6, 6.07) is 17.6. The van der Waals surface area contributed by atoms with Gasteiger partial charge in [-0.3, -0.25) is 9.79 Å². The third-order valence-electron chi connectivity index (χ3n) is 6.57. The van der Waals surface area contributed by atoms with E-state index >= 15 is 0 Å². The van der Waals surface area contributed by atoms with E-state index in [2.05, 4.69) is 47.2 Å². The summed E-state index contributed by atoms with van der Waals surface area (Å²) in [5.74, 6) is -0.306. The first kappa shape index (κ1) is 24.1. The molecule has 0 bridgehead atoms. The number of aromatic amines is 1. The van der Waals surface area contributed by atoms with Crippen molar-refractivity contribution in [3.05, 3.63) is 98.7 Å². The van der Waals surface area contributed by atoms with Crippen LogP contribution in [0.4, 0.5) is 0 Å². The molecule has 186 valence electrons. The fourth-order valence-electron chi connectivity index (χ4n) is 4.70. The molecule has 3 heterocycles. The SMILES string of the molecule is Cc1ccc(S(=O)(=O)n2cc(C3CN=C(c4c[nH]c5cc(Br)ccc45)C(=O)N3)c3ccc(Br)cc32)cc1. The van der Waals surface area contributed by atoms with Gasteiger partial charge < -0.3 is 10.3 Å². The summed E-state index contributed by atoms with van der Waals surface area (Å²) in [6.45, 7) is 2.19. The zero-order valence-electron chi connectivity index (χ0n) is 19.5. The van der Waals surface area contributed by atoms with Crippen LogP contribution in [-0.2, 0) is 14.8 Å². The van der Waals surface area contributed by atoms with E-state index in [0.29, 0.717) is 16.8 Å². The molecule has 1 atom stereocenters. The number of aryl methyl sites for hydroxylation is 1. The number of nitrogens with zero attached hydrogens (tertiary/aromatic N) is 2. The van der Waals surface area contributed by atoms with E-state index in [1.807, 2.05) is 37.3 Å². The van der Waals surface area contributed by atoms with Gasteiger partial charge in [-0.15, -0.1) is 0 Å². The van der Waals surface area contributed by atoms with Crippen LogP contribution in [0, 0.1) is 6.92 Å². The number of aromatic nitrogens is 2. The minimum absolute atomic E-state index is 0.195. The second kappa shape index (κ2) is 8.97. The summed E-state index contributed by atoms with van der Waals surface area (Å²) in [7, 11) is -3.87. The Morgan fingerprint density at radius 2 is 1.68 bits per heavy atom. The highest BCUT2D eigenvalue weighted by Crippen LogP contribution is 2.33. The number of H-pyrrole nitrogens is 1. The molecule has 10 heteroatoms. The van der Waals surface area contributed by atoms with Gasteiger partial charge in [-0.1, -0.05) is 61.7 Å². The van der Waals surface area contributed by atoms with E-state index in [1.165, 1.54) is 3.97 Å². The van der Waals surface area contributed by atoms with Gasteiger partial charge in [-0.05, 0) is 43.3 Å². The fraction of sp³-hybridized carbons (Fsp3) is 0.111. The van der Waals surface area contributed by atoms with Crippen LogP contribution in [0.2, 0.25) is 0 Å². The second-order valence-corrected chi connectivity index (χ2v) is 12.6. The first-order valence-electron chi connectivity index (χ1n) is 11.5. The standard InChI is InChI=1S/C27H20Br2N4O3S/c1-15-2-6-18(7-3-15)37(35,36)33-14-22(20-9-5-17(29)11-25(20)33)24-13-31-26(27(34)32-24)21-12-30-23-10-16(28)4-8-19(21)23/h2-12,14,24,30H,13H2,1H3,(H,32,34). The van der Waals surface area contributed by atoms with Gasteiger partial charge in [-0.2, -0.15) is 0 Å². The summed E-state index contributed by atoms with van der Waals surface area (Å²) >= 11 is 6.93. The van der Waals surface area contributed by atoms with Crippen LogP contribution < -0.4 is 5.32 Å². The Labute approximate surface area is 229 Å². The molecular formula is C27H20Br2N4O3S. The number of hydrogen-bond acceptors (Lipinski definition) is 4. The molecule has 0 fully saturated rings. The number of rotatable bonds is 4. The van der Waals surface area contributed by atoms with Crippen LogP contribution in [0.15, 0.2) is 91.9 Å². The Kier molecular flexibility index (Phi) is 5.85. The lowest BCUT2D eigenvalue weighted by Gasteiger charge is -2.22. The van der Waals surface area contributed by atoms with Gasteiger partial charge >= 0.3 is 0 Å². The molecule has 6 rings (SSSR count). The van der Waals surface area contributed by atoms with Crippen molar-refractivity contribution in [2.75, 3.05) is 6.54 Å². The molecule has 2 N–H and O–H groups in total. The smallest absolute Gasteiger partial charge is 0.270 e. The third-order valence-corrected chi connectivity index (χ3v) is 9.24. The topological polar surface area (TPSA) is 96.3 Å². The monoisotopic (exact) mass is 638 g/mol. The van der Waals surface area contributed by atoms with Crippen molar-refractivity contribution in [3.63, 3.8) is 0 Å². The number of carbonyl (C=O) groups excluding carboxylic acids is 1. The normalized spacial score (nSPS) is 16.2. The molecule has 7 nitrogen and oxygen atoms in total. The van der Waals surface area contributed by atoms with Crippen LogP contribution in [0.3, 0.4) is 0 Å². The maximum absolute atomic E-state index is 13.6. The summed E-state index contributed by atoms with van der Waals surface area (Å²) in [4.78, 5) is 21.3. The van der Waals surface area contributed by atoms with E-state index in [4.69, 9.17) is 0 Å². The molecule has 0 saturated carbocycles. The van der Waals surface area contributed by atoms with Gasteiger partial charge in [0.25, 0.3) is 15.9 Å². The quantitative estimate of drug-likeness (QED) is 0.258. The predicted molar refractivity (Wildman–Crippen MR) is 152 cm³/mol. The number of fused-ring (bicyclic) bond motifs is 2. The van der Waals surface area contributed by atoms with E-state index in [-0.39, 0.29) is 17.3 Å². The number of halogens is 2. The molecule has 0 aliphatic carbocycles. The van der Waals surface area contributed by atoms with E-state index in [9.17, 15) is 13.2 Å². The average molecular weight is 640 g/mol. The van der Waals surface area contributed by atoms with Gasteiger partial charge in [0, 0.05) is 48.8 Å². The minimum atomic E-state index is -3.87. The van der Waals surface area contributed by atoms with E-state index in [1.54, 1.807) is 42.7 Å². The predicted octanol–water partition coefficient (Wildman–Crippen LogP) is 5.85. The molecule has 1 amide bonds. The van der Waals surface area contributed by atoms with Crippen molar-refractivity contribution in [1.29, 1.82) is 0 Å². The van der Waals surface area contributed by atoms with Crippen LogP contribution in [0.5, 0.6) is 0 Å². The van der Waals surface area contributed by atoms with Gasteiger partial charge in [0.2, 0.25) is 0 Å². The van der Waals surface area contributed by atoms with Gasteiger partial charge in [-0.25, -0.2) is 12.4 Å². The lowest BCUT2D eigenvalue weighted by molar-refractivity contribution is -0.115. The second-order valence-electron chi connectivity index (χ2n) is 8.97. The first-order chi connectivity index (χ1) is 17.7. The molecule has 1 aliphatic rings. The lowest BCUT2D eigenvalue weighted by Crippen LogP contribution is -2.40.